The first-order chi connectivity index (χ1) is 10.5. The Morgan fingerprint density at radius 3 is 2.73 bits per heavy atom. The fourth-order valence-electron chi connectivity index (χ4n) is 1.61. The summed E-state index contributed by atoms with van der Waals surface area (Å²) < 4.78 is 4.82. The van der Waals surface area contributed by atoms with Crippen molar-refractivity contribution in [3.63, 3.8) is 0 Å². The van der Waals surface area contributed by atoms with Gasteiger partial charge < -0.3 is 20.9 Å². The summed E-state index contributed by atoms with van der Waals surface area (Å²) in [6.45, 7) is -0.523. The van der Waals surface area contributed by atoms with Gasteiger partial charge in [-0.3, -0.25) is 9.59 Å². The minimum atomic E-state index is -0.743. The van der Waals surface area contributed by atoms with Gasteiger partial charge in [-0.2, -0.15) is 0 Å². The standard InChI is InChI=1S/C14H12N2O5S/c15-12(19)10-4-5-22-13(10)16-11(18)7-21-14(20)8-2-1-3-9(17)6-8/h1-6,17H,7H2,(H2,15,19)(H,16,18). The minimum absolute atomic E-state index is 0.0800. The Hall–Kier alpha value is -2.87. The first-order valence-corrected chi connectivity index (χ1v) is 6.98. The van der Waals surface area contributed by atoms with Crippen molar-refractivity contribution in [3.8, 4) is 5.75 Å². The monoisotopic (exact) mass is 320 g/mol. The molecule has 0 fully saturated rings. The van der Waals surface area contributed by atoms with Gasteiger partial charge in [-0.1, -0.05) is 6.07 Å². The van der Waals surface area contributed by atoms with Crippen LogP contribution in [0.25, 0.3) is 0 Å². The number of rotatable bonds is 5. The van der Waals surface area contributed by atoms with E-state index in [2.05, 4.69) is 5.32 Å². The summed E-state index contributed by atoms with van der Waals surface area (Å²) in [4.78, 5) is 34.5. The normalized spacial score (nSPS) is 10.0. The van der Waals surface area contributed by atoms with Crippen LogP contribution in [0, 0.1) is 0 Å². The van der Waals surface area contributed by atoms with Gasteiger partial charge in [-0.05, 0) is 29.6 Å². The SMILES string of the molecule is NC(=O)c1ccsc1NC(=O)COC(=O)c1cccc(O)c1. The van der Waals surface area contributed by atoms with Crippen molar-refractivity contribution in [1.29, 1.82) is 0 Å². The molecular formula is C14H12N2O5S. The molecule has 22 heavy (non-hydrogen) atoms. The Morgan fingerprint density at radius 2 is 2.05 bits per heavy atom. The van der Waals surface area contributed by atoms with Crippen LogP contribution in [-0.4, -0.2) is 29.5 Å². The first-order valence-electron chi connectivity index (χ1n) is 6.10. The molecule has 7 nitrogen and oxygen atoms in total. The number of carbonyl (C=O) groups is 3. The maximum Gasteiger partial charge on any atom is 0.338 e. The summed E-state index contributed by atoms with van der Waals surface area (Å²) in [5.41, 5.74) is 5.47. The van der Waals surface area contributed by atoms with Crippen LogP contribution >= 0.6 is 11.3 Å². The van der Waals surface area contributed by atoms with Crippen LogP contribution in [0.1, 0.15) is 20.7 Å². The molecule has 0 unspecified atom stereocenters. The molecule has 2 rings (SSSR count). The molecule has 1 aromatic heterocycles. The zero-order valence-electron chi connectivity index (χ0n) is 11.2. The Bertz CT molecular complexity index is 726. The van der Waals surface area contributed by atoms with Crippen molar-refractivity contribution in [3.05, 3.63) is 46.8 Å². The molecule has 1 aromatic carbocycles. The van der Waals surface area contributed by atoms with Gasteiger partial charge in [0.1, 0.15) is 10.8 Å². The average molecular weight is 320 g/mol. The predicted octanol–water partition coefficient (Wildman–Crippen LogP) is 1.35. The lowest BCUT2D eigenvalue weighted by molar-refractivity contribution is -0.119. The van der Waals surface area contributed by atoms with Crippen molar-refractivity contribution in [2.45, 2.75) is 0 Å². The van der Waals surface area contributed by atoms with Crippen molar-refractivity contribution in [2.75, 3.05) is 11.9 Å². The molecular weight excluding hydrogens is 308 g/mol. The summed E-state index contributed by atoms with van der Waals surface area (Å²) in [5.74, 6) is -2.08. The lowest BCUT2D eigenvalue weighted by Crippen LogP contribution is -2.22. The largest absolute Gasteiger partial charge is 0.508 e. The number of phenols is 1. The summed E-state index contributed by atoms with van der Waals surface area (Å²) in [6, 6.07) is 7.05. The number of nitrogens with one attached hydrogen (secondary N) is 1. The van der Waals surface area contributed by atoms with E-state index in [0.29, 0.717) is 5.00 Å². The second-order valence-electron chi connectivity index (χ2n) is 4.20. The Morgan fingerprint density at radius 1 is 1.27 bits per heavy atom. The number of hydrogen-bond donors (Lipinski definition) is 3. The Labute approximate surface area is 129 Å². The van der Waals surface area contributed by atoms with Crippen LogP contribution in [0.15, 0.2) is 35.7 Å². The van der Waals surface area contributed by atoms with Gasteiger partial charge in [0, 0.05) is 0 Å². The molecule has 2 aromatic rings. The molecule has 0 aliphatic heterocycles. The van der Waals surface area contributed by atoms with E-state index in [1.807, 2.05) is 0 Å². The second kappa shape index (κ2) is 6.72. The zero-order valence-corrected chi connectivity index (χ0v) is 12.1. The Kier molecular flexibility index (Phi) is 4.74. The third-order valence-electron chi connectivity index (χ3n) is 2.60. The highest BCUT2D eigenvalue weighted by Crippen LogP contribution is 2.22. The number of anilines is 1. The maximum atomic E-state index is 11.7. The summed E-state index contributed by atoms with van der Waals surface area (Å²) >= 11 is 1.13. The number of ether oxygens (including phenoxy) is 1. The van der Waals surface area contributed by atoms with Gasteiger partial charge in [0.2, 0.25) is 0 Å². The number of aromatic hydroxyl groups is 1. The highest BCUT2D eigenvalue weighted by Gasteiger charge is 2.14. The van der Waals surface area contributed by atoms with E-state index in [0.717, 1.165) is 11.3 Å². The third kappa shape index (κ3) is 3.83. The predicted molar refractivity (Wildman–Crippen MR) is 79.9 cm³/mol. The van der Waals surface area contributed by atoms with Crippen LogP contribution in [0.5, 0.6) is 5.75 Å². The number of thiophene rings is 1. The number of phenolic OH excluding ortho intramolecular Hbond substituents is 1. The fourth-order valence-corrected chi connectivity index (χ4v) is 2.42. The van der Waals surface area contributed by atoms with E-state index < -0.39 is 24.4 Å². The van der Waals surface area contributed by atoms with Crippen molar-refractivity contribution >= 4 is 34.1 Å². The first kappa shape index (κ1) is 15.5. The molecule has 0 aliphatic rings. The molecule has 0 spiro atoms. The molecule has 8 heteroatoms. The number of primary amides is 1. The van der Waals surface area contributed by atoms with Gasteiger partial charge in [0.15, 0.2) is 6.61 Å². The van der Waals surface area contributed by atoms with E-state index >= 15 is 0 Å². The smallest absolute Gasteiger partial charge is 0.338 e. The Balaban J connectivity index is 1.91. The molecule has 0 atom stereocenters. The summed E-state index contributed by atoms with van der Waals surface area (Å²) in [7, 11) is 0. The van der Waals surface area contributed by atoms with Crippen molar-refractivity contribution in [1.82, 2.24) is 0 Å². The third-order valence-corrected chi connectivity index (χ3v) is 3.43. The number of amides is 2. The second-order valence-corrected chi connectivity index (χ2v) is 5.12. The summed E-state index contributed by atoms with van der Waals surface area (Å²) in [6.07, 6.45) is 0. The van der Waals surface area contributed by atoms with E-state index in [9.17, 15) is 19.5 Å². The van der Waals surface area contributed by atoms with E-state index in [1.54, 1.807) is 5.38 Å². The van der Waals surface area contributed by atoms with Gasteiger partial charge in [0.05, 0.1) is 11.1 Å². The highest BCUT2D eigenvalue weighted by atomic mass is 32.1. The number of benzene rings is 1. The molecule has 4 N–H and O–H groups in total. The van der Waals surface area contributed by atoms with Crippen LogP contribution in [-0.2, 0) is 9.53 Å². The van der Waals surface area contributed by atoms with Crippen molar-refractivity contribution < 1.29 is 24.2 Å². The fraction of sp³-hybridized carbons (Fsp3) is 0.0714. The average Bonchev–Trinajstić information content (AvgIpc) is 2.93. The van der Waals surface area contributed by atoms with Crippen LogP contribution in [0.2, 0.25) is 0 Å². The molecule has 1 heterocycles. The molecule has 2 amide bonds. The number of esters is 1. The zero-order chi connectivity index (χ0) is 16.1. The minimum Gasteiger partial charge on any atom is -0.508 e. The lowest BCUT2D eigenvalue weighted by Gasteiger charge is -2.06. The number of carbonyl (C=O) groups excluding carboxylic acids is 3. The quantitative estimate of drug-likeness (QED) is 0.718. The van der Waals surface area contributed by atoms with Crippen molar-refractivity contribution in [2.24, 2.45) is 5.73 Å². The molecule has 0 saturated carbocycles. The molecule has 0 saturated heterocycles. The maximum absolute atomic E-state index is 11.7. The molecule has 114 valence electrons. The molecule has 0 aliphatic carbocycles. The molecule has 0 radical (unpaired) electrons. The van der Waals surface area contributed by atoms with E-state index in [1.165, 1.54) is 30.3 Å². The summed E-state index contributed by atoms with van der Waals surface area (Å²) in [5, 5.41) is 13.6. The number of nitrogens with two attached hydrogens (primary N) is 1. The lowest BCUT2D eigenvalue weighted by atomic mass is 10.2. The van der Waals surface area contributed by atoms with Crippen LogP contribution in [0.3, 0.4) is 0 Å². The van der Waals surface area contributed by atoms with Crippen LogP contribution < -0.4 is 11.1 Å². The van der Waals surface area contributed by atoms with Gasteiger partial charge in [-0.15, -0.1) is 11.3 Å². The van der Waals surface area contributed by atoms with Crippen LogP contribution in [0.4, 0.5) is 5.00 Å². The number of hydrogen-bond acceptors (Lipinski definition) is 6. The van der Waals surface area contributed by atoms with Gasteiger partial charge in [-0.25, -0.2) is 4.79 Å². The van der Waals surface area contributed by atoms with E-state index in [4.69, 9.17) is 10.5 Å². The topological polar surface area (TPSA) is 119 Å². The highest BCUT2D eigenvalue weighted by molar-refractivity contribution is 7.14. The van der Waals surface area contributed by atoms with E-state index in [-0.39, 0.29) is 16.9 Å². The van der Waals surface area contributed by atoms with Gasteiger partial charge >= 0.3 is 5.97 Å². The molecule has 0 bridgehead atoms. The van der Waals surface area contributed by atoms with Gasteiger partial charge in [0.25, 0.3) is 11.8 Å².